The standard InChI is InChI=1S/C14H9Br2ClO2/c1-8(18)9-2-4-13(11(16)6-9)19-14-5-3-10(15)7-12(14)17/h2-7H,1H3. The summed E-state index contributed by atoms with van der Waals surface area (Å²) in [5.41, 5.74) is 0.626. The zero-order valence-corrected chi connectivity index (χ0v) is 13.8. The van der Waals surface area contributed by atoms with Gasteiger partial charge in [-0.15, -0.1) is 0 Å². The van der Waals surface area contributed by atoms with Gasteiger partial charge < -0.3 is 4.74 Å². The van der Waals surface area contributed by atoms with Crippen molar-refractivity contribution >= 4 is 49.2 Å². The number of benzene rings is 2. The fourth-order valence-electron chi connectivity index (χ4n) is 1.48. The molecular weight excluding hydrogens is 395 g/mol. The Morgan fingerprint density at radius 3 is 2.37 bits per heavy atom. The minimum Gasteiger partial charge on any atom is -0.455 e. The highest BCUT2D eigenvalue weighted by Gasteiger charge is 2.09. The monoisotopic (exact) mass is 402 g/mol. The zero-order valence-electron chi connectivity index (χ0n) is 9.91. The van der Waals surface area contributed by atoms with Crippen molar-refractivity contribution in [1.29, 1.82) is 0 Å². The number of hydrogen-bond acceptors (Lipinski definition) is 2. The third-order valence-electron chi connectivity index (χ3n) is 2.45. The molecule has 19 heavy (non-hydrogen) atoms. The number of Topliss-reactive ketones (excluding diaryl/α,β-unsaturated/α-hetero) is 1. The SMILES string of the molecule is CC(=O)c1ccc(Oc2ccc(Br)cc2Cl)c(Br)c1. The lowest BCUT2D eigenvalue weighted by Gasteiger charge is -2.10. The van der Waals surface area contributed by atoms with Crippen LogP contribution in [-0.4, -0.2) is 5.78 Å². The number of hydrogen-bond donors (Lipinski definition) is 0. The molecule has 98 valence electrons. The van der Waals surface area contributed by atoms with Gasteiger partial charge in [0.2, 0.25) is 0 Å². The number of ether oxygens (including phenoxy) is 1. The van der Waals surface area contributed by atoms with Crippen molar-refractivity contribution in [2.75, 3.05) is 0 Å². The molecule has 0 bridgehead atoms. The summed E-state index contributed by atoms with van der Waals surface area (Å²) in [5.74, 6) is 1.17. The summed E-state index contributed by atoms with van der Waals surface area (Å²) < 4.78 is 7.31. The van der Waals surface area contributed by atoms with Crippen LogP contribution in [0.4, 0.5) is 0 Å². The van der Waals surface area contributed by atoms with Gasteiger partial charge in [-0.3, -0.25) is 4.79 Å². The highest BCUT2D eigenvalue weighted by atomic mass is 79.9. The maximum absolute atomic E-state index is 11.3. The lowest BCUT2D eigenvalue weighted by molar-refractivity contribution is 0.101. The van der Waals surface area contributed by atoms with Crippen LogP contribution in [0.2, 0.25) is 5.02 Å². The van der Waals surface area contributed by atoms with E-state index in [4.69, 9.17) is 16.3 Å². The highest BCUT2D eigenvalue weighted by Crippen LogP contribution is 2.35. The molecule has 0 saturated carbocycles. The third kappa shape index (κ3) is 3.59. The first-order valence-electron chi connectivity index (χ1n) is 5.41. The predicted octanol–water partition coefficient (Wildman–Crippen LogP) is 5.86. The van der Waals surface area contributed by atoms with Crippen LogP contribution in [-0.2, 0) is 0 Å². The molecule has 0 aliphatic rings. The van der Waals surface area contributed by atoms with Crippen LogP contribution in [0.1, 0.15) is 17.3 Å². The van der Waals surface area contributed by atoms with Gasteiger partial charge in [0, 0.05) is 10.0 Å². The number of ketones is 1. The highest BCUT2D eigenvalue weighted by molar-refractivity contribution is 9.10. The molecule has 0 aliphatic carbocycles. The maximum atomic E-state index is 11.3. The van der Waals surface area contributed by atoms with Crippen LogP contribution >= 0.6 is 43.5 Å². The lowest BCUT2D eigenvalue weighted by Crippen LogP contribution is -1.93. The molecule has 0 saturated heterocycles. The van der Waals surface area contributed by atoms with Crippen molar-refractivity contribution in [2.45, 2.75) is 6.92 Å². The van der Waals surface area contributed by atoms with Gasteiger partial charge in [-0.25, -0.2) is 0 Å². The van der Waals surface area contributed by atoms with Gasteiger partial charge in [-0.2, -0.15) is 0 Å². The number of carbonyl (C=O) groups is 1. The number of carbonyl (C=O) groups excluding carboxylic acids is 1. The Kier molecular flexibility index (Phi) is 4.66. The minimum absolute atomic E-state index is 0.00826. The predicted molar refractivity (Wildman–Crippen MR) is 83.4 cm³/mol. The van der Waals surface area contributed by atoms with Gasteiger partial charge in [-0.1, -0.05) is 27.5 Å². The number of rotatable bonds is 3. The second kappa shape index (κ2) is 6.07. The van der Waals surface area contributed by atoms with Crippen molar-refractivity contribution < 1.29 is 9.53 Å². The molecule has 0 atom stereocenters. The van der Waals surface area contributed by atoms with Gasteiger partial charge in [0.05, 0.1) is 9.50 Å². The molecule has 2 rings (SSSR count). The summed E-state index contributed by atoms with van der Waals surface area (Å²) in [7, 11) is 0. The third-order valence-corrected chi connectivity index (χ3v) is 3.86. The Morgan fingerprint density at radius 2 is 1.79 bits per heavy atom. The molecule has 0 N–H and O–H groups in total. The summed E-state index contributed by atoms with van der Waals surface area (Å²) in [4.78, 5) is 11.3. The van der Waals surface area contributed by atoms with E-state index in [1.54, 1.807) is 30.3 Å². The average molecular weight is 404 g/mol. The van der Waals surface area contributed by atoms with Crippen LogP contribution in [0.25, 0.3) is 0 Å². The fraction of sp³-hybridized carbons (Fsp3) is 0.0714. The van der Waals surface area contributed by atoms with Crippen LogP contribution in [0.3, 0.4) is 0 Å². The second-order valence-electron chi connectivity index (χ2n) is 3.88. The number of halogens is 3. The largest absolute Gasteiger partial charge is 0.455 e. The van der Waals surface area contributed by atoms with E-state index < -0.39 is 0 Å². The van der Waals surface area contributed by atoms with Crippen molar-refractivity contribution in [2.24, 2.45) is 0 Å². The smallest absolute Gasteiger partial charge is 0.159 e. The molecule has 2 aromatic rings. The zero-order chi connectivity index (χ0) is 14.0. The second-order valence-corrected chi connectivity index (χ2v) is 6.06. The van der Waals surface area contributed by atoms with E-state index in [-0.39, 0.29) is 5.78 Å². The molecule has 2 nitrogen and oxygen atoms in total. The van der Waals surface area contributed by atoms with Crippen molar-refractivity contribution in [3.8, 4) is 11.5 Å². The first-order chi connectivity index (χ1) is 8.97. The summed E-state index contributed by atoms with van der Waals surface area (Å²) in [6, 6.07) is 10.6. The average Bonchev–Trinajstić information content (AvgIpc) is 2.34. The van der Waals surface area contributed by atoms with Gasteiger partial charge in [-0.05, 0) is 59.3 Å². The molecule has 0 radical (unpaired) electrons. The van der Waals surface area contributed by atoms with E-state index in [0.717, 1.165) is 4.47 Å². The topological polar surface area (TPSA) is 26.3 Å². The van der Waals surface area contributed by atoms with E-state index in [1.807, 2.05) is 6.07 Å². The summed E-state index contributed by atoms with van der Waals surface area (Å²) in [5, 5.41) is 0.511. The minimum atomic E-state index is 0.00826. The Morgan fingerprint density at radius 1 is 1.11 bits per heavy atom. The molecule has 0 aliphatic heterocycles. The van der Waals surface area contributed by atoms with Crippen molar-refractivity contribution in [3.05, 3.63) is 55.9 Å². The molecule has 0 fully saturated rings. The first kappa shape index (κ1) is 14.6. The van der Waals surface area contributed by atoms with Gasteiger partial charge >= 0.3 is 0 Å². The van der Waals surface area contributed by atoms with E-state index in [9.17, 15) is 4.79 Å². The molecule has 5 heteroatoms. The Hall–Kier alpha value is -0.840. The van der Waals surface area contributed by atoms with E-state index >= 15 is 0 Å². The van der Waals surface area contributed by atoms with Crippen molar-refractivity contribution in [3.63, 3.8) is 0 Å². The van der Waals surface area contributed by atoms with Gasteiger partial charge in [0.1, 0.15) is 11.5 Å². The van der Waals surface area contributed by atoms with Gasteiger partial charge in [0.15, 0.2) is 5.78 Å². The molecule has 0 heterocycles. The molecule has 0 amide bonds. The van der Waals surface area contributed by atoms with E-state index in [2.05, 4.69) is 31.9 Å². The van der Waals surface area contributed by atoms with Crippen molar-refractivity contribution in [1.82, 2.24) is 0 Å². The molecule has 0 aromatic heterocycles. The van der Waals surface area contributed by atoms with Crippen LogP contribution in [0.5, 0.6) is 11.5 Å². The molecule has 0 spiro atoms. The van der Waals surface area contributed by atoms with E-state index in [1.165, 1.54) is 6.92 Å². The normalized spacial score (nSPS) is 10.3. The van der Waals surface area contributed by atoms with E-state index in [0.29, 0.717) is 26.6 Å². The molecule has 2 aromatic carbocycles. The van der Waals surface area contributed by atoms with Crippen LogP contribution in [0, 0.1) is 0 Å². The molecular formula is C14H9Br2ClO2. The quantitative estimate of drug-likeness (QED) is 0.599. The maximum Gasteiger partial charge on any atom is 0.159 e. The Bertz CT molecular complexity index is 641. The fourth-order valence-corrected chi connectivity index (χ4v) is 2.65. The lowest BCUT2D eigenvalue weighted by atomic mass is 10.1. The van der Waals surface area contributed by atoms with Gasteiger partial charge in [0.25, 0.3) is 0 Å². The van der Waals surface area contributed by atoms with Crippen LogP contribution < -0.4 is 4.74 Å². The first-order valence-corrected chi connectivity index (χ1v) is 7.37. The molecule has 0 unspecified atom stereocenters. The Balaban J connectivity index is 2.31. The summed E-state index contributed by atoms with van der Waals surface area (Å²) in [6.07, 6.45) is 0. The Labute approximate surface area is 133 Å². The summed E-state index contributed by atoms with van der Waals surface area (Å²) in [6.45, 7) is 1.52. The van der Waals surface area contributed by atoms with Crippen LogP contribution in [0.15, 0.2) is 45.3 Å². The summed E-state index contributed by atoms with van der Waals surface area (Å²) >= 11 is 12.8.